The van der Waals surface area contributed by atoms with Crippen LogP contribution in [-0.4, -0.2) is 54.5 Å². The van der Waals surface area contributed by atoms with Crippen molar-refractivity contribution >= 4 is 11.7 Å². The average Bonchev–Trinajstić information content (AvgIpc) is 2.73. The van der Waals surface area contributed by atoms with E-state index in [-0.39, 0.29) is 37.0 Å². The summed E-state index contributed by atoms with van der Waals surface area (Å²) in [5, 5.41) is 15.3. The van der Waals surface area contributed by atoms with Gasteiger partial charge in [0, 0.05) is 14.2 Å². The smallest absolute Gasteiger partial charge is 0.256 e. The van der Waals surface area contributed by atoms with E-state index in [4.69, 9.17) is 20.3 Å². The zero-order valence-corrected chi connectivity index (χ0v) is 10.4. The number of carbonyl (C=O) groups is 1. The number of nitrogen functional groups attached to an aromatic ring is 1. The fraction of sp³-hybridized carbons (Fsp3) is 0.600. The van der Waals surface area contributed by atoms with Crippen molar-refractivity contribution in [1.82, 2.24) is 15.1 Å². The topological polar surface area (TPSA) is 112 Å². The Balaban J connectivity index is 2.61. The molecule has 0 atom stereocenters. The first-order valence-electron chi connectivity index (χ1n) is 5.40. The molecule has 0 fully saturated rings. The quantitative estimate of drug-likeness (QED) is 0.530. The maximum Gasteiger partial charge on any atom is 0.256 e. The van der Waals surface area contributed by atoms with E-state index in [9.17, 15) is 4.79 Å². The lowest BCUT2D eigenvalue weighted by molar-refractivity contribution is -0.0974. The maximum atomic E-state index is 11.8. The number of nitrogens with two attached hydrogens (primary N) is 1. The van der Waals surface area contributed by atoms with Crippen molar-refractivity contribution in [3.8, 4) is 0 Å². The number of aliphatic hydroxyl groups excluding tert-OH is 1. The number of nitrogens with zero attached hydrogens (tertiary/aromatic N) is 2. The van der Waals surface area contributed by atoms with E-state index < -0.39 is 6.29 Å². The third-order valence-corrected chi connectivity index (χ3v) is 2.39. The molecule has 1 rings (SSSR count). The van der Waals surface area contributed by atoms with Crippen molar-refractivity contribution in [1.29, 1.82) is 0 Å². The number of ether oxygens (including phenoxy) is 2. The van der Waals surface area contributed by atoms with E-state index in [1.54, 1.807) is 0 Å². The molecule has 1 aromatic heterocycles. The number of carbonyl (C=O) groups excluding carboxylic acids is 1. The van der Waals surface area contributed by atoms with Gasteiger partial charge in [-0.25, -0.2) is 4.68 Å². The van der Waals surface area contributed by atoms with Crippen molar-refractivity contribution < 1.29 is 19.4 Å². The van der Waals surface area contributed by atoms with Crippen molar-refractivity contribution in [3.05, 3.63) is 11.8 Å². The summed E-state index contributed by atoms with van der Waals surface area (Å²) in [6.07, 6.45) is 0.845. The lowest BCUT2D eigenvalue weighted by Gasteiger charge is -2.13. The SMILES string of the molecule is COC(CNC(=O)c1cnn(CCO)c1N)OC. The Kier molecular flexibility index (Phi) is 5.56. The Hall–Kier alpha value is -1.64. The Morgan fingerprint density at radius 1 is 1.61 bits per heavy atom. The predicted molar refractivity (Wildman–Crippen MR) is 63.9 cm³/mol. The maximum absolute atomic E-state index is 11.8. The van der Waals surface area contributed by atoms with Gasteiger partial charge in [0.15, 0.2) is 6.29 Å². The van der Waals surface area contributed by atoms with Gasteiger partial charge in [-0.3, -0.25) is 4.79 Å². The van der Waals surface area contributed by atoms with E-state index in [1.807, 2.05) is 0 Å². The highest BCUT2D eigenvalue weighted by Gasteiger charge is 2.16. The summed E-state index contributed by atoms with van der Waals surface area (Å²) in [4.78, 5) is 11.8. The molecule has 0 unspecified atom stereocenters. The van der Waals surface area contributed by atoms with Crippen LogP contribution in [0.4, 0.5) is 5.82 Å². The zero-order chi connectivity index (χ0) is 13.5. The molecule has 1 aromatic rings. The Morgan fingerprint density at radius 3 is 2.83 bits per heavy atom. The monoisotopic (exact) mass is 258 g/mol. The average molecular weight is 258 g/mol. The van der Waals surface area contributed by atoms with Crippen LogP contribution in [0.3, 0.4) is 0 Å². The van der Waals surface area contributed by atoms with Gasteiger partial charge in [-0.15, -0.1) is 0 Å². The lowest BCUT2D eigenvalue weighted by Crippen LogP contribution is -2.34. The van der Waals surface area contributed by atoms with Gasteiger partial charge in [0.05, 0.1) is 25.9 Å². The molecule has 0 aliphatic carbocycles. The summed E-state index contributed by atoms with van der Waals surface area (Å²) >= 11 is 0. The molecular formula is C10H18N4O4. The van der Waals surface area contributed by atoms with Crippen LogP contribution in [0.15, 0.2) is 6.20 Å². The molecule has 8 nitrogen and oxygen atoms in total. The summed E-state index contributed by atoms with van der Waals surface area (Å²) in [5.74, 6) is -0.149. The number of methoxy groups -OCH3 is 2. The van der Waals surface area contributed by atoms with E-state index in [0.717, 1.165) is 0 Å². The van der Waals surface area contributed by atoms with Gasteiger partial charge in [0.1, 0.15) is 11.4 Å². The van der Waals surface area contributed by atoms with E-state index in [1.165, 1.54) is 25.1 Å². The number of rotatable bonds is 7. The molecule has 102 valence electrons. The minimum absolute atomic E-state index is 0.0949. The zero-order valence-electron chi connectivity index (χ0n) is 10.4. The summed E-state index contributed by atoms with van der Waals surface area (Å²) in [6, 6.07) is 0. The normalized spacial score (nSPS) is 10.9. The predicted octanol–water partition coefficient (Wildman–Crippen LogP) is -1.19. The molecule has 0 saturated heterocycles. The second-order valence-electron chi connectivity index (χ2n) is 3.50. The molecule has 18 heavy (non-hydrogen) atoms. The molecule has 0 radical (unpaired) electrons. The highest BCUT2D eigenvalue weighted by molar-refractivity contribution is 5.98. The molecule has 1 heterocycles. The van der Waals surface area contributed by atoms with E-state index >= 15 is 0 Å². The summed E-state index contributed by atoms with van der Waals surface area (Å²) in [5.41, 5.74) is 5.99. The van der Waals surface area contributed by atoms with Gasteiger partial charge >= 0.3 is 0 Å². The molecular weight excluding hydrogens is 240 g/mol. The Morgan fingerprint density at radius 2 is 2.28 bits per heavy atom. The van der Waals surface area contributed by atoms with Gasteiger partial charge in [0.25, 0.3) is 5.91 Å². The minimum Gasteiger partial charge on any atom is -0.394 e. The van der Waals surface area contributed by atoms with Crippen LogP contribution < -0.4 is 11.1 Å². The number of aliphatic hydroxyl groups is 1. The first kappa shape index (κ1) is 14.4. The highest BCUT2D eigenvalue weighted by Crippen LogP contribution is 2.10. The summed E-state index contributed by atoms with van der Waals surface area (Å²) < 4.78 is 11.2. The van der Waals surface area contributed by atoms with Crippen molar-refractivity contribution in [2.24, 2.45) is 0 Å². The van der Waals surface area contributed by atoms with Crippen LogP contribution in [0.1, 0.15) is 10.4 Å². The summed E-state index contributed by atoms with van der Waals surface area (Å²) in [6.45, 7) is 0.358. The second kappa shape index (κ2) is 6.94. The van der Waals surface area contributed by atoms with E-state index in [2.05, 4.69) is 10.4 Å². The third kappa shape index (κ3) is 3.42. The summed E-state index contributed by atoms with van der Waals surface area (Å²) in [7, 11) is 2.96. The van der Waals surface area contributed by atoms with Crippen LogP contribution in [0.2, 0.25) is 0 Å². The minimum atomic E-state index is -0.511. The Bertz CT molecular complexity index is 389. The first-order chi connectivity index (χ1) is 8.63. The number of hydrogen-bond acceptors (Lipinski definition) is 6. The third-order valence-electron chi connectivity index (χ3n) is 2.39. The van der Waals surface area contributed by atoms with Crippen LogP contribution in [0.5, 0.6) is 0 Å². The molecule has 8 heteroatoms. The second-order valence-corrected chi connectivity index (χ2v) is 3.50. The molecule has 0 aliphatic rings. The van der Waals surface area contributed by atoms with Gasteiger partial charge in [-0.1, -0.05) is 0 Å². The fourth-order valence-electron chi connectivity index (χ4n) is 1.38. The van der Waals surface area contributed by atoms with Crippen LogP contribution >= 0.6 is 0 Å². The molecule has 0 saturated carbocycles. The largest absolute Gasteiger partial charge is 0.394 e. The molecule has 4 N–H and O–H groups in total. The standard InChI is InChI=1S/C10H18N4O4/c1-17-8(18-2)6-12-10(16)7-5-13-14(3-4-15)9(7)11/h5,8,15H,3-4,6,11H2,1-2H3,(H,12,16). The number of aromatic nitrogens is 2. The van der Waals surface area contributed by atoms with Gasteiger partial charge in [-0.05, 0) is 0 Å². The highest BCUT2D eigenvalue weighted by atomic mass is 16.7. The molecule has 0 spiro atoms. The number of anilines is 1. The lowest BCUT2D eigenvalue weighted by atomic mass is 10.3. The van der Waals surface area contributed by atoms with Gasteiger partial charge < -0.3 is 25.6 Å². The molecule has 0 aliphatic heterocycles. The van der Waals surface area contributed by atoms with Crippen molar-refractivity contribution in [2.75, 3.05) is 33.1 Å². The molecule has 0 bridgehead atoms. The molecule has 1 amide bonds. The van der Waals surface area contributed by atoms with Gasteiger partial charge in [-0.2, -0.15) is 5.10 Å². The van der Waals surface area contributed by atoms with Crippen LogP contribution in [-0.2, 0) is 16.0 Å². The number of hydrogen-bond donors (Lipinski definition) is 3. The fourth-order valence-corrected chi connectivity index (χ4v) is 1.38. The first-order valence-corrected chi connectivity index (χ1v) is 5.40. The number of amides is 1. The van der Waals surface area contributed by atoms with Crippen molar-refractivity contribution in [3.63, 3.8) is 0 Å². The molecule has 0 aromatic carbocycles. The van der Waals surface area contributed by atoms with Gasteiger partial charge in [0.2, 0.25) is 0 Å². The number of nitrogens with one attached hydrogen (secondary N) is 1. The van der Waals surface area contributed by atoms with Crippen LogP contribution in [0.25, 0.3) is 0 Å². The Labute approximate surface area is 105 Å². The van der Waals surface area contributed by atoms with Crippen molar-refractivity contribution in [2.45, 2.75) is 12.8 Å². The van der Waals surface area contributed by atoms with E-state index in [0.29, 0.717) is 0 Å². The van der Waals surface area contributed by atoms with Crippen LogP contribution in [0, 0.1) is 0 Å².